The fourth-order valence-electron chi connectivity index (χ4n) is 3.82. The highest BCUT2D eigenvalue weighted by Gasteiger charge is 2.23. The van der Waals surface area contributed by atoms with Crippen molar-refractivity contribution in [2.75, 3.05) is 7.11 Å². The van der Waals surface area contributed by atoms with E-state index in [-0.39, 0.29) is 11.7 Å². The van der Waals surface area contributed by atoms with Crippen molar-refractivity contribution in [3.05, 3.63) is 120 Å². The predicted molar refractivity (Wildman–Crippen MR) is 123 cm³/mol. The van der Waals surface area contributed by atoms with Gasteiger partial charge < -0.3 is 4.74 Å². The Morgan fingerprint density at radius 2 is 1.50 bits per heavy atom. The van der Waals surface area contributed by atoms with Gasteiger partial charge in [0.1, 0.15) is 5.82 Å². The first kappa shape index (κ1) is 23.4. The van der Waals surface area contributed by atoms with E-state index < -0.39 is 17.9 Å². The van der Waals surface area contributed by atoms with Crippen molar-refractivity contribution in [1.29, 1.82) is 0 Å². The van der Waals surface area contributed by atoms with Crippen molar-refractivity contribution >= 4 is 5.91 Å². The topological polar surface area (TPSA) is 58.6 Å². The number of hydrogen-bond donors (Lipinski definition) is 2. The minimum absolute atomic E-state index is 0.0468. The quantitative estimate of drug-likeness (QED) is 0.241. The Morgan fingerprint density at radius 3 is 2.00 bits per heavy atom. The van der Waals surface area contributed by atoms with Gasteiger partial charge in [-0.15, -0.1) is 0 Å². The lowest BCUT2D eigenvalue weighted by molar-refractivity contribution is -0.134. The zero-order valence-electron chi connectivity index (χ0n) is 18.0. The van der Waals surface area contributed by atoms with E-state index in [2.05, 4.69) is 30.3 Å². The van der Waals surface area contributed by atoms with Crippen LogP contribution in [0.15, 0.2) is 97.1 Å². The number of rotatable bonds is 10. The Kier molecular flexibility index (Phi) is 8.72. The molecule has 1 amide bonds. The molecule has 5 heteroatoms. The number of hydroxylamine groups is 1. The van der Waals surface area contributed by atoms with Gasteiger partial charge in [-0.25, -0.2) is 9.87 Å². The van der Waals surface area contributed by atoms with Crippen LogP contribution in [0.4, 0.5) is 4.39 Å². The molecule has 0 unspecified atom stereocenters. The summed E-state index contributed by atoms with van der Waals surface area (Å²) in [4.78, 5) is 12.4. The molecule has 2 N–H and O–H groups in total. The Labute approximate surface area is 188 Å². The molecule has 0 saturated heterocycles. The zero-order valence-corrected chi connectivity index (χ0v) is 18.0. The largest absolute Gasteiger partial charge is 0.377 e. The van der Waals surface area contributed by atoms with E-state index in [0.717, 1.165) is 16.7 Å². The van der Waals surface area contributed by atoms with Gasteiger partial charge in [-0.3, -0.25) is 10.0 Å². The number of benzene rings is 3. The average molecular weight is 434 g/mol. The number of amides is 1. The Morgan fingerprint density at radius 1 is 0.938 bits per heavy atom. The van der Waals surface area contributed by atoms with Gasteiger partial charge >= 0.3 is 0 Å². The Bertz CT molecular complexity index is 951. The molecule has 0 radical (unpaired) electrons. The molecule has 0 heterocycles. The van der Waals surface area contributed by atoms with E-state index >= 15 is 0 Å². The molecular weight excluding hydrogens is 405 g/mol. The molecule has 0 aliphatic carbocycles. The second-order valence-electron chi connectivity index (χ2n) is 7.65. The summed E-state index contributed by atoms with van der Waals surface area (Å²) in [5.74, 6) is -1.28. The molecule has 0 bridgehead atoms. The molecule has 4 nitrogen and oxygen atoms in total. The molecule has 0 fully saturated rings. The molecule has 0 spiro atoms. The molecule has 3 aromatic carbocycles. The number of hydrogen-bond acceptors (Lipinski definition) is 3. The summed E-state index contributed by atoms with van der Waals surface area (Å²) in [5, 5.41) is 9.25. The molecular formula is C27H28FNO3. The van der Waals surface area contributed by atoms with E-state index in [4.69, 9.17) is 4.74 Å². The maximum Gasteiger partial charge on any atom is 0.246 e. The normalized spacial score (nSPS) is 13.2. The summed E-state index contributed by atoms with van der Waals surface area (Å²) in [7, 11) is 1.55. The average Bonchev–Trinajstić information content (AvgIpc) is 2.85. The highest BCUT2D eigenvalue weighted by Crippen LogP contribution is 2.29. The molecule has 166 valence electrons. The lowest BCUT2D eigenvalue weighted by Gasteiger charge is -2.21. The third-order valence-electron chi connectivity index (χ3n) is 5.57. The molecule has 32 heavy (non-hydrogen) atoms. The van der Waals surface area contributed by atoms with Crippen molar-refractivity contribution < 1.29 is 19.1 Å². The Balaban J connectivity index is 1.78. The second kappa shape index (κ2) is 11.9. The second-order valence-corrected chi connectivity index (χ2v) is 7.65. The fraction of sp³-hybridized carbons (Fsp3) is 0.222. The SMILES string of the molecule is CO[C@H](C[C@H](C/C=C/C(c1ccccc1)c1ccccc1)C(=O)NO)c1ccc(F)cc1. The number of halogens is 1. The maximum atomic E-state index is 13.3. The number of carbonyl (C=O) groups excluding carboxylic acids is 1. The molecule has 3 aromatic rings. The fourth-order valence-corrected chi connectivity index (χ4v) is 3.82. The zero-order chi connectivity index (χ0) is 22.8. The van der Waals surface area contributed by atoms with Gasteiger partial charge in [0.25, 0.3) is 0 Å². The number of methoxy groups -OCH3 is 1. The summed E-state index contributed by atoms with van der Waals surface area (Å²) in [5.41, 5.74) is 4.85. The van der Waals surface area contributed by atoms with E-state index in [1.165, 1.54) is 12.1 Å². The van der Waals surface area contributed by atoms with Crippen LogP contribution < -0.4 is 5.48 Å². The van der Waals surface area contributed by atoms with Crippen molar-refractivity contribution in [1.82, 2.24) is 5.48 Å². The van der Waals surface area contributed by atoms with Crippen LogP contribution in [0.25, 0.3) is 0 Å². The van der Waals surface area contributed by atoms with E-state index in [0.29, 0.717) is 12.8 Å². The highest BCUT2D eigenvalue weighted by molar-refractivity contribution is 5.77. The van der Waals surface area contributed by atoms with Crippen molar-refractivity contribution in [3.63, 3.8) is 0 Å². The molecule has 0 aliphatic heterocycles. The van der Waals surface area contributed by atoms with Gasteiger partial charge in [0, 0.05) is 18.9 Å². The van der Waals surface area contributed by atoms with E-state index in [1.807, 2.05) is 42.5 Å². The Hall–Kier alpha value is -3.28. The summed E-state index contributed by atoms with van der Waals surface area (Å²) in [6.45, 7) is 0. The van der Waals surface area contributed by atoms with Gasteiger partial charge in [0.2, 0.25) is 5.91 Å². The van der Waals surface area contributed by atoms with E-state index in [9.17, 15) is 14.4 Å². The van der Waals surface area contributed by atoms with E-state index in [1.54, 1.807) is 24.7 Å². The lowest BCUT2D eigenvalue weighted by atomic mass is 9.89. The van der Waals surface area contributed by atoms with Crippen LogP contribution in [-0.4, -0.2) is 18.2 Å². The number of ether oxygens (including phenoxy) is 1. The standard InChI is InChI=1S/C27H28FNO3/c1-32-26(22-15-17-24(28)18-16-22)19-23(27(30)29-31)13-8-14-25(20-9-4-2-5-10-20)21-11-6-3-7-12-21/h2-12,14-18,23,25-26,31H,13,19H2,1H3,(H,29,30)/b14-8+/t23-,26+/m0/s1. The number of carbonyl (C=O) groups is 1. The predicted octanol–water partition coefficient (Wildman–Crippen LogP) is 5.80. The minimum Gasteiger partial charge on any atom is -0.377 e. The van der Waals surface area contributed by atoms with Gasteiger partial charge in [0.05, 0.1) is 6.10 Å². The minimum atomic E-state index is -0.515. The van der Waals surface area contributed by atoms with Crippen molar-refractivity contribution in [2.24, 2.45) is 5.92 Å². The van der Waals surface area contributed by atoms with Crippen LogP contribution in [-0.2, 0) is 9.53 Å². The molecule has 3 rings (SSSR count). The van der Waals surface area contributed by atoms with Crippen molar-refractivity contribution in [3.8, 4) is 0 Å². The lowest BCUT2D eigenvalue weighted by Crippen LogP contribution is -2.29. The van der Waals surface area contributed by atoms with Gasteiger partial charge in [-0.1, -0.05) is 84.9 Å². The van der Waals surface area contributed by atoms with Gasteiger partial charge in [-0.05, 0) is 41.7 Å². The number of allylic oxidation sites excluding steroid dienone is 2. The summed E-state index contributed by atoms with van der Waals surface area (Å²) >= 11 is 0. The smallest absolute Gasteiger partial charge is 0.246 e. The van der Waals surface area contributed by atoms with Crippen LogP contribution in [0.5, 0.6) is 0 Å². The molecule has 0 saturated carbocycles. The first-order valence-electron chi connectivity index (χ1n) is 10.6. The highest BCUT2D eigenvalue weighted by atomic mass is 19.1. The van der Waals surface area contributed by atoms with Crippen LogP contribution in [0.3, 0.4) is 0 Å². The first-order valence-corrected chi connectivity index (χ1v) is 10.6. The summed E-state index contributed by atoms with van der Waals surface area (Å²) in [6, 6.07) is 26.3. The van der Waals surface area contributed by atoms with Crippen LogP contribution in [0.1, 0.15) is 41.6 Å². The maximum absolute atomic E-state index is 13.3. The molecule has 0 aromatic heterocycles. The van der Waals surface area contributed by atoms with Crippen LogP contribution >= 0.6 is 0 Å². The first-order chi connectivity index (χ1) is 15.6. The molecule has 0 aliphatic rings. The molecule has 2 atom stereocenters. The monoisotopic (exact) mass is 433 g/mol. The van der Waals surface area contributed by atoms with Gasteiger partial charge in [-0.2, -0.15) is 0 Å². The van der Waals surface area contributed by atoms with Gasteiger partial charge in [0.15, 0.2) is 0 Å². The van der Waals surface area contributed by atoms with Crippen LogP contribution in [0.2, 0.25) is 0 Å². The third kappa shape index (κ3) is 6.36. The number of nitrogens with one attached hydrogen (secondary N) is 1. The summed E-state index contributed by atoms with van der Waals surface area (Å²) in [6.07, 6.45) is 4.43. The van der Waals surface area contributed by atoms with Crippen molar-refractivity contribution in [2.45, 2.75) is 24.9 Å². The summed E-state index contributed by atoms with van der Waals surface area (Å²) < 4.78 is 18.8. The third-order valence-corrected chi connectivity index (χ3v) is 5.57. The van der Waals surface area contributed by atoms with Crippen LogP contribution in [0, 0.1) is 11.7 Å².